The zero-order valence-electron chi connectivity index (χ0n) is 14.7. The fraction of sp³-hybridized carbons (Fsp3) is 0.556. The zero-order valence-corrected chi connectivity index (χ0v) is 15.5. The fourth-order valence-electron chi connectivity index (χ4n) is 2.70. The third-order valence-corrected chi connectivity index (χ3v) is 5.14. The minimum absolute atomic E-state index is 0.0643. The summed E-state index contributed by atoms with van der Waals surface area (Å²) in [6, 6.07) is 7.41. The topological polar surface area (TPSA) is 79.5 Å². The van der Waals surface area contributed by atoms with Crippen LogP contribution >= 0.6 is 11.8 Å². The highest BCUT2D eigenvalue weighted by atomic mass is 32.2. The molecule has 0 aromatic heterocycles. The van der Waals surface area contributed by atoms with Gasteiger partial charge in [0.05, 0.1) is 17.9 Å². The minimum Gasteiger partial charge on any atom is -0.383 e. The van der Waals surface area contributed by atoms with Crippen LogP contribution < -0.4 is 16.0 Å². The van der Waals surface area contributed by atoms with Crippen LogP contribution in [0.2, 0.25) is 0 Å². The Morgan fingerprint density at radius 1 is 1.32 bits per heavy atom. The van der Waals surface area contributed by atoms with Gasteiger partial charge in [0.2, 0.25) is 5.91 Å². The third-order valence-electron chi connectivity index (χ3n) is 4.07. The Kier molecular flexibility index (Phi) is 8.79. The Hall–Kier alpha value is -1.57. The summed E-state index contributed by atoms with van der Waals surface area (Å²) < 4.78 is 4.90. The first-order valence-corrected chi connectivity index (χ1v) is 9.65. The molecule has 7 heteroatoms. The number of benzene rings is 1. The first-order chi connectivity index (χ1) is 12.2. The Morgan fingerprint density at radius 3 is 2.92 bits per heavy atom. The second-order valence-corrected chi connectivity index (χ2v) is 7.07. The average Bonchev–Trinajstić information content (AvgIpc) is 2.66. The van der Waals surface area contributed by atoms with Crippen molar-refractivity contribution in [3.8, 4) is 0 Å². The van der Waals surface area contributed by atoms with Gasteiger partial charge in [0.25, 0.3) is 5.91 Å². The highest BCUT2D eigenvalue weighted by molar-refractivity contribution is 8.00. The van der Waals surface area contributed by atoms with Gasteiger partial charge in [-0.15, -0.1) is 11.8 Å². The van der Waals surface area contributed by atoms with Crippen LogP contribution in [0.4, 0.5) is 0 Å². The van der Waals surface area contributed by atoms with Crippen molar-refractivity contribution in [2.24, 2.45) is 5.92 Å². The summed E-state index contributed by atoms with van der Waals surface area (Å²) in [5.41, 5.74) is 0.626. The van der Waals surface area contributed by atoms with Gasteiger partial charge in [0.1, 0.15) is 0 Å². The van der Waals surface area contributed by atoms with E-state index in [0.29, 0.717) is 31.2 Å². The molecule has 0 bridgehead atoms. The molecular weight excluding hydrogens is 338 g/mol. The van der Waals surface area contributed by atoms with Crippen molar-refractivity contribution in [1.82, 2.24) is 16.0 Å². The minimum atomic E-state index is -0.0755. The SMILES string of the molecule is COCCNC(=O)CSc1ccccc1C(=O)NCC1CCCNC1. The van der Waals surface area contributed by atoms with Crippen LogP contribution in [-0.4, -0.2) is 57.5 Å². The number of piperidine rings is 1. The number of methoxy groups -OCH3 is 1. The summed E-state index contributed by atoms with van der Waals surface area (Å²) in [4.78, 5) is 25.1. The molecule has 2 amide bonds. The second-order valence-electron chi connectivity index (χ2n) is 6.05. The molecule has 1 saturated heterocycles. The molecule has 1 heterocycles. The molecule has 1 unspecified atom stereocenters. The Balaban J connectivity index is 1.83. The average molecular weight is 365 g/mol. The maximum atomic E-state index is 12.5. The molecule has 3 N–H and O–H groups in total. The Labute approximate surface area is 153 Å². The van der Waals surface area contributed by atoms with E-state index in [1.54, 1.807) is 13.2 Å². The van der Waals surface area contributed by atoms with Crippen molar-refractivity contribution in [3.05, 3.63) is 29.8 Å². The van der Waals surface area contributed by atoms with Crippen molar-refractivity contribution >= 4 is 23.6 Å². The smallest absolute Gasteiger partial charge is 0.252 e. The molecule has 1 aliphatic heterocycles. The molecule has 2 rings (SSSR count). The summed E-state index contributed by atoms with van der Waals surface area (Å²) in [5, 5.41) is 9.16. The van der Waals surface area contributed by atoms with Crippen LogP contribution in [-0.2, 0) is 9.53 Å². The lowest BCUT2D eigenvalue weighted by atomic mass is 10.00. The maximum Gasteiger partial charge on any atom is 0.252 e. The number of carbonyl (C=O) groups is 2. The van der Waals surface area contributed by atoms with Gasteiger partial charge in [-0.2, -0.15) is 0 Å². The number of rotatable bonds is 9. The lowest BCUT2D eigenvalue weighted by molar-refractivity contribution is -0.118. The number of amides is 2. The summed E-state index contributed by atoms with van der Waals surface area (Å²) in [7, 11) is 1.60. The molecule has 1 atom stereocenters. The zero-order chi connectivity index (χ0) is 17.9. The van der Waals surface area contributed by atoms with Gasteiger partial charge >= 0.3 is 0 Å². The van der Waals surface area contributed by atoms with Gasteiger partial charge in [-0.05, 0) is 44.0 Å². The summed E-state index contributed by atoms with van der Waals surface area (Å²) in [5.74, 6) is 0.628. The van der Waals surface area contributed by atoms with E-state index in [4.69, 9.17) is 4.74 Å². The monoisotopic (exact) mass is 365 g/mol. The predicted octanol–water partition coefficient (Wildman–Crippen LogP) is 1.27. The van der Waals surface area contributed by atoms with Crippen LogP contribution in [0.5, 0.6) is 0 Å². The van der Waals surface area contributed by atoms with Gasteiger partial charge in [0, 0.05) is 25.1 Å². The molecule has 0 aliphatic carbocycles. The van der Waals surface area contributed by atoms with Crippen molar-refractivity contribution < 1.29 is 14.3 Å². The quantitative estimate of drug-likeness (QED) is 0.454. The first-order valence-electron chi connectivity index (χ1n) is 8.67. The van der Waals surface area contributed by atoms with E-state index in [9.17, 15) is 9.59 Å². The maximum absolute atomic E-state index is 12.5. The summed E-state index contributed by atoms with van der Waals surface area (Å²) in [6.07, 6.45) is 2.30. The number of nitrogens with one attached hydrogen (secondary N) is 3. The van der Waals surface area contributed by atoms with E-state index in [2.05, 4.69) is 16.0 Å². The van der Waals surface area contributed by atoms with Gasteiger partial charge in [-0.3, -0.25) is 9.59 Å². The standard InChI is InChI=1S/C18H27N3O3S/c1-24-10-9-20-17(22)13-25-16-7-3-2-6-15(16)18(23)21-12-14-5-4-8-19-11-14/h2-3,6-7,14,19H,4-5,8-13H2,1H3,(H,20,22)(H,21,23). The van der Waals surface area contributed by atoms with Crippen LogP contribution in [0.3, 0.4) is 0 Å². The molecule has 25 heavy (non-hydrogen) atoms. The number of ether oxygens (including phenoxy) is 1. The molecule has 0 radical (unpaired) electrons. The van der Waals surface area contributed by atoms with Crippen molar-refractivity contribution in [3.63, 3.8) is 0 Å². The van der Waals surface area contributed by atoms with Crippen molar-refractivity contribution in [2.75, 3.05) is 45.6 Å². The molecule has 0 spiro atoms. The first kappa shape index (κ1) is 19.8. The number of carbonyl (C=O) groups excluding carboxylic acids is 2. The predicted molar refractivity (Wildman–Crippen MR) is 100.0 cm³/mol. The summed E-state index contributed by atoms with van der Waals surface area (Å²) in [6.45, 7) is 3.69. The van der Waals surface area contributed by atoms with E-state index in [0.717, 1.165) is 30.8 Å². The Bertz CT molecular complexity index is 562. The van der Waals surface area contributed by atoms with Crippen molar-refractivity contribution in [1.29, 1.82) is 0 Å². The van der Waals surface area contributed by atoms with E-state index in [-0.39, 0.29) is 17.6 Å². The third kappa shape index (κ3) is 7.05. The largest absolute Gasteiger partial charge is 0.383 e. The molecular formula is C18H27N3O3S. The normalized spacial score (nSPS) is 17.1. The van der Waals surface area contributed by atoms with Gasteiger partial charge in [-0.1, -0.05) is 12.1 Å². The highest BCUT2D eigenvalue weighted by Crippen LogP contribution is 2.22. The molecule has 138 valence electrons. The lowest BCUT2D eigenvalue weighted by Crippen LogP contribution is -2.38. The van der Waals surface area contributed by atoms with Crippen LogP contribution in [0.25, 0.3) is 0 Å². The van der Waals surface area contributed by atoms with Gasteiger partial charge in [0.15, 0.2) is 0 Å². The van der Waals surface area contributed by atoms with E-state index >= 15 is 0 Å². The fourth-order valence-corrected chi connectivity index (χ4v) is 3.58. The van der Waals surface area contributed by atoms with Gasteiger partial charge < -0.3 is 20.7 Å². The molecule has 1 aromatic carbocycles. The Morgan fingerprint density at radius 2 is 2.16 bits per heavy atom. The van der Waals surface area contributed by atoms with Crippen LogP contribution in [0, 0.1) is 5.92 Å². The molecule has 1 aromatic rings. The van der Waals surface area contributed by atoms with E-state index in [1.165, 1.54) is 11.8 Å². The number of hydrogen-bond acceptors (Lipinski definition) is 5. The highest BCUT2D eigenvalue weighted by Gasteiger charge is 2.16. The van der Waals surface area contributed by atoms with Crippen LogP contribution in [0.1, 0.15) is 23.2 Å². The number of hydrogen-bond donors (Lipinski definition) is 3. The van der Waals surface area contributed by atoms with Crippen molar-refractivity contribution in [2.45, 2.75) is 17.7 Å². The van der Waals surface area contributed by atoms with E-state index < -0.39 is 0 Å². The second kappa shape index (κ2) is 11.1. The van der Waals surface area contributed by atoms with Gasteiger partial charge in [-0.25, -0.2) is 0 Å². The molecule has 1 aliphatic rings. The number of thioether (sulfide) groups is 1. The summed E-state index contributed by atoms with van der Waals surface area (Å²) >= 11 is 1.38. The molecule has 6 nitrogen and oxygen atoms in total. The van der Waals surface area contributed by atoms with E-state index in [1.807, 2.05) is 18.2 Å². The lowest BCUT2D eigenvalue weighted by Gasteiger charge is -2.23. The van der Waals surface area contributed by atoms with Crippen LogP contribution in [0.15, 0.2) is 29.2 Å². The molecule has 1 fully saturated rings. The molecule has 0 saturated carbocycles.